The summed E-state index contributed by atoms with van der Waals surface area (Å²) in [5.74, 6) is -2.96. The van der Waals surface area contributed by atoms with Crippen molar-refractivity contribution >= 4 is 10.0 Å². The van der Waals surface area contributed by atoms with Gasteiger partial charge >= 0.3 is 0 Å². The first kappa shape index (κ1) is 20.9. The number of hydrogen-bond acceptors (Lipinski definition) is 3. The molecule has 0 aliphatic carbocycles. The van der Waals surface area contributed by atoms with Gasteiger partial charge in [0.25, 0.3) is 5.92 Å². The maximum absolute atomic E-state index is 13.5. The van der Waals surface area contributed by atoms with E-state index in [2.05, 4.69) is 0 Å². The minimum atomic E-state index is -3.95. The molecule has 0 radical (unpaired) electrons. The predicted molar refractivity (Wildman–Crippen MR) is 105 cm³/mol. The SMILES string of the molecule is COC(C)c1cccc(-c2cc(C)c(S(=O)(=O)N3CCC(F)(F)C3)cc2C)c1. The van der Waals surface area contributed by atoms with Crippen LogP contribution in [0.3, 0.4) is 0 Å². The summed E-state index contributed by atoms with van der Waals surface area (Å²) >= 11 is 0. The molecule has 1 aliphatic heterocycles. The van der Waals surface area contributed by atoms with Crippen LogP contribution in [0.2, 0.25) is 0 Å². The maximum atomic E-state index is 13.5. The highest BCUT2D eigenvalue weighted by atomic mass is 32.2. The number of methoxy groups -OCH3 is 1. The standard InChI is InChI=1S/C21H25F2NO3S/c1-14-11-20(28(25,26)24-9-8-21(22,23)13-24)15(2)10-19(14)18-7-5-6-17(12-18)16(3)27-4/h5-7,10-12,16H,8-9,13H2,1-4H3. The molecule has 0 amide bonds. The Hall–Kier alpha value is -1.83. The summed E-state index contributed by atoms with van der Waals surface area (Å²) in [7, 11) is -2.31. The topological polar surface area (TPSA) is 46.6 Å². The second-order valence-electron chi connectivity index (χ2n) is 7.38. The van der Waals surface area contributed by atoms with Gasteiger partial charge in [-0.2, -0.15) is 4.31 Å². The Labute approximate surface area is 165 Å². The number of aryl methyl sites for hydroxylation is 2. The Morgan fingerprint density at radius 2 is 1.86 bits per heavy atom. The van der Waals surface area contributed by atoms with Crippen LogP contribution in [0.15, 0.2) is 41.3 Å². The number of halogens is 2. The van der Waals surface area contributed by atoms with Crippen LogP contribution >= 0.6 is 0 Å². The zero-order chi connectivity index (χ0) is 20.7. The summed E-state index contributed by atoms with van der Waals surface area (Å²) in [5, 5.41) is 0. The van der Waals surface area contributed by atoms with Gasteiger partial charge in [0.1, 0.15) is 0 Å². The molecular weight excluding hydrogens is 384 g/mol. The summed E-state index contributed by atoms with van der Waals surface area (Å²) in [5.41, 5.74) is 4.21. The number of alkyl halides is 2. The van der Waals surface area contributed by atoms with Crippen LogP contribution in [-0.2, 0) is 14.8 Å². The molecule has 1 heterocycles. The molecule has 1 saturated heterocycles. The monoisotopic (exact) mass is 409 g/mol. The van der Waals surface area contributed by atoms with E-state index in [0.717, 1.165) is 26.6 Å². The molecule has 0 aromatic heterocycles. The summed E-state index contributed by atoms with van der Waals surface area (Å²) in [4.78, 5) is 0.0906. The fourth-order valence-electron chi connectivity index (χ4n) is 3.52. The van der Waals surface area contributed by atoms with Crippen LogP contribution in [0.5, 0.6) is 0 Å². The molecule has 4 nitrogen and oxygen atoms in total. The summed E-state index contributed by atoms with van der Waals surface area (Å²) in [6.45, 7) is 4.57. The van der Waals surface area contributed by atoms with Crippen LogP contribution in [-0.4, -0.2) is 38.8 Å². The highest BCUT2D eigenvalue weighted by Gasteiger charge is 2.44. The van der Waals surface area contributed by atoms with Crippen LogP contribution < -0.4 is 0 Å². The van der Waals surface area contributed by atoms with E-state index in [-0.39, 0.29) is 17.5 Å². The molecule has 0 saturated carbocycles. The van der Waals surface area contributed by atoms with Gasteiger partial charge in [-0.15, -0.1) is 0 Å². The van der Waals surface area contributed by atoms with E-state index in [9.17, 15) is 17.2 Å². The Morgan fingerprint density at radius 3 is 2.46 bits per heavy atom. The van der Waals surface area contributed by atoms with E-state index >= 15 is 0 Å². The molecule has 2 aromatic rings. The molecule has 0 spiro atoms. The zero-order valence-electron chi connectivity index (χ0n) is 16.5. The number of benzene rings is 2. The van der Waals surface area contributed by atoms with E-state index in [4.69, 9.17) is 4.74 Å². The number of rotatable bonds is 5. The minimum Gasteiger partial charge on any atom is -0.377 e. The molecule has 7 heteroatoms. The van der Waals surface area contributed by atoms with Crippen molar-refractivity contribution in [2.45, 2.75) is 44.1 Å². The van der Waals surface area contributed by atoms with Gasteiger partial charge < -0.3 is 4.74 Å². The second kappa shape index (κ2) is 7.54. The first-order chi connectivity index (χ1) is 13.0. The molecule has 1 atom stereocenters. The van der Waals surface area contributed by atoms with Crippen LogP contribution in [0.4, 0.5) is 8.78 Å². The maximum Gasteiger partial charge on any atom is 0.262 e. The van der Waals surface area contributed by atoms with Crippen molar-refractivity contribution < 1.29 is 21.9 Å². The van der Waals surface area contributed by atoms with Gasteiger partial charge in [-0.3, -0.25) is 0 Å². The highest BCUT2D eigenvalue weighted by Crippen LogP contribution is 2.35. The van der Waals surface area contributed by atoms with Crippen LogP contribution in [0, 0.1) is 13.8 Å². The van der Waals surface area contributed by atoms with Gasteiger partial charge in [-0.05, 0) is 66.8 Å². The van der Waals surface area contributed by atoms with E-state index in [1.165, 1.54) is 0 Å². The van der Waals surface area contributed by atoms with Crippen LogP contribution in [0.1, 0.15) is 36.1 Å². The van der Waals surface area contributed by atoms with Crippen molar-refractivity contribution in [3.05, 3.63) is 53.1 Å². The molecule has 1 aliphatic rings. The fraction of sp³-hybridized carbons (Fsp3) is 0.429. The van der Waals surface area contributed by atoms with E-state index in [0.29, 0.717) is 5.56 Å². The predicted octanol–water partition coefficient (Wildman–Crippen LogP) is 4.71. The van der Waals surface area contributed by atoms with E-state index in [1.54, 1.807) is 20.1 Å². The summed E-state index contributed by atoms with van der Waals surface area (Å²) in [6.07, 6.45) is -0.495. The van der Waals surface area contributed by atoms with Crippen molar-refractivity contribution in [1.29, 1.82) is 0 Å². The number of nitrogens with zero attached hydrogens (tertiary/aromatic N) is 1. The van der Waals surface area contributed by atoms with Gasteiger partial charge in [0.15, 0.2) is 0 Å². The average Bonchev–Trinajstić information content (AvgIpc) is 3.03. The third-order valence-electron chi connectivity index (χ3n) is 5.30. The first-order valence-corrected chi connectivity index (χ1v) is 10.6. The third kappa shape index (κ3) is 3.97. The van der Waals surface area contributed by atoms with Gasteiger partial charge in [0.2, 0.25) is 10.0 Å². The zero-order valence-corrected chi connectivity index (χ0v) is 17.3. The lowest BCUT2D eigenvalue weighted by atomic mass is 9.96. The smallest absolute Gasteiger partial charge is 0.262 e. The molecule has 1 unspecified atom stereocenters. The number of hydrogen-bond donors (Lipinski definition) is 0. The molecule has 3 rings (SSSR count). The lowest BCUT2D eigenvalue weighted by molar-refractivity contribution is 0.0183. The van der Waals surface area contributed by atoms with Crippen molar-refractivity contribution in [1.82, 2.24) is 4.31 Å². The second-order valence-corrected chi connectivity index (χ2v) is 9.29. The molecule has 2 aromatic carbocycles. The molecule has 0 bridgehead atoms. The Kier molecular flexibility index (Phi) is 5.62. The quantitative estimate of drug-likeness (QED) is 0.719. The molecule has 152 valence electrons. The normalized spacial score (nSPS) is 18.4. The first-order valence-electron chi connectivity index (χ1n) is 9.17. The average molecular weight is 409 g/mol. The number of ether oxygens (including phenoxy) is 1. The van der Waals surface area contributed by atoms with Crippen molar-refractivity contribution in [2.75, 3.05) is 20.2 Å². The Morgan fingerprint density at radius 1 is 1.14 bits per heavy atom. The van der Waals surface area contributed by atoms with Crippen molar-refractivity contribution in [3.8, 4) is 11.1 Å². The third-order valence-corrected chi connectivity index (χ3v) is 7.28. The Bertz CT molecular complexity index is 989. The van der Waals surface area contributed by atoms with Gasteiger partial charge in [-0.1, -0.05) is 18.2 Å². The van der Waals surface area contributed by atoms with Crippen LogP contribution in [0.25, 0.3) is 11.1 Å². The van der Waals surface area contributed by atoms with Crippen molar-refractivity contribution in [2.24, 2.45) is 0 Å². The Balaban J connectivity index is 2.00. The van der Waals surface area contributed by atoms with Gasteiger partial charge in [0, 0.05) is 20.1 Å². The highest BCUT2D eigenvalue weighted by molar-refractivity contribution is 7.89. The fourth-order valence-corrected chi connectivity index (χ4v) is 5.28. The van der Waals surface area contributed by atoms with E-state index < -0.39 is 28.9 Å². The molecule has 28 heavy (non-hydrogen) atoms. The summed E-state index contributed by atoms with van der Waals surface area (Å²) < 4.78 is 59.1. The largest absolute Gasteiger partial charge is 0.377 e. The lowest BCUT2D eigenvalue weighted by Crippen LogP contribution is -2.32. The summed E-state index contributed by atoms with van der Waals surface area (Å²) in [6, 6.07) is 11.3. The minimum absolute atomic E-state index is 0.0576. The lowest BCUT2D eigenvalue weighted by Gasteiger charge is -2.20. The molecular formula is C21H25F2NO3S. The van der Waals surface area contributed by atoms with Gasteiger partial charge in [0.05, 0.1) is 17.5 Å². The van der Waals surface area contributed by atoms with Crippen molar-refractivity contribution in [3.63, 3.8) is 0 Å². The van der Waals surface area contributed by atoms with Gasteiger partial charge in [-0.25, -0.2) is 17.2 Å². The molecule has 1 fully saturated rings. The molecule has 0 N–H and O–H groups in total. The van der Waals surface area contributed by atoms with E-state index in [1.807, 2.05) is 44.2 Å². The number of sulfonamides is 1.